The van der Waals surface area contributed by atoms with Crippen LogP contribution in [0.5, 0.6) is 0 Å². The average molecular weight is 389 g/mol. The van der Waals surface area contributed by atoms with Crippen LogP contribution >= 0.6 is 0 Å². The van der Waals surface area contributed by atoms with Gasteiger partial charge >= 0.3 is 0 Å². The minimum absolute atomic E-state index is 1.20. The molecule has 2 heterocycles. The van der Waals surface area contributed by atoms with Gasteiger partial charge in [0.05, 0.1) is 5.52 Å². The number of aromatic amines is 2. The van der Waals surface area contributed by atoms with Crippen molar-refractivity contribution in [3.05, 3.63) is 82.9 Å². The van der Waals surface area contributed by atoms with E-state index in [9.17, 15) is 0 Å². The first-order chi connectivity index (χ1) is 14.5. The van der Waals surface area contributed by atoms with Gasteiger partial charge in [0.15, 0.2) is 0 Å². The van der Waals surface area contributed by atoms with Gasteiger partial charge in [-0.3, -0.25) is 0 Å². The summed E-state index contributed by atoms with van der Waals surface area (Å²) in [6.45, 7) is 8.78. The van der Waals surface area contributed by atoms with Crippen molar-refractivity contribution in [1.82, 2.24) is 9.97 Å². The Morgan fingerprint density at radius 3 is 2.17 bits per heavy atom. The lowest BCUT2D eigenvalue weighted by molar-refractivity contribution is 1.42. The van der Waals surface area contributed by atoms with Crippen LogP contribution in [0.15, 0.2) is 60.7 Å². The second-order valence-electron chi connectivity index (χ2n) is 8.62. The van der Waals surface area contributed by atoms with Gasteiger partial charge in [-0.2, -0.15) is 0 Å². The van der Waals surface area contributed by atoms with Gasteiger partial charge in [0.2, 0.25) is 0 Å². The molecule has 2 aromatic heterocycles. The smallest absolute Gasteiger partial charge is 0.0500 e. The first-order valence-electron chi connectivity index (χ1n) is 10.6. The molecular formula is C28H24N2. The summed E-state index contributed by atoms with van der Waals surface area (Å²) in [5.74, 6) is 0. The molecule has 2 nitrogen and oxygen atoms in total. The van der Waals surface area contributed by atoms with Crippen LogP contribution in [0.3, 0.4) is 0 Å². The molecule has 6 aromatic rings. The maximum atomic E-state index is 3.68. The van der Waals surface area contributed by atoms with Crippen molar-refractivity contribution < 1.29 is 0 Å². The van der Waals surface area contributed by atoms with Crippen LogP contribution in [-0.4, -0.2) is 9.97 Å². The van der Waals surface area contributed by atoms with Crippen molar-refractivity contribution in [3.63, 3.8) is 0 Å². The number of hydrogen-bond acceptors (Lipinski definition) is 0. The number of aryl methyl sites for hydroxylation is 4. The van der Waals surface area contributed by atoms with E-state index in [1.165, 1.54) is 77.0 Å². The maximum Gasteiger partial charge on any atom is 0.0500 e. The fourth-order valence-corrected chi connectivity index (χ4v) is 5.14. The highest BCUT2D eigenvalue weighted by molar-refractivity contribution is 6.12. The lowest BCUT2D eigenvalue weighted by Crippen LogP contribution is -1.85. The highest BCUT2D eigenvalue weighted by Gasteiger charge is 2.14. The molecule has 0 unspecified atom stereocenters. The monoisotopic (exact) mass is 388 g/mol. The Hall–Kier alpha value is -3.52. The highest BCUT2D eigenvalue weighted by atomic mass is 14.7. The van der Waals surface area contributed by atoms with Crippen molar-refractivity contribution >= 4 is 43.6 Å². The maximum absolute atomic E-state index is 3.68. The quantitative estimate of drug-likeness (QED) is 0.287. The van der Waals surface area contributed by atoms with Gasteiger partial charge in [0, 0.05) is 38.1 Å². The third kappa shape index (κ3) is 2.25. The topological polar surface area (TPSA) is 31.6 Å². The highest BCUT2D eigenvalue weighted by Crippen LogP contribution is 2.37. The molecule has 0 fully saturated rings. The van der Waals surface area contributed by atoms with Gasteiger partial charge in [-0.1, -0.05) is 48.5 Å². The summed E-state index contributed by atoms with van der Waals surface area (Å²) >= 11 is 0. The molecule has 0 aliphatic heterocycles. The predicted molar refractivity (Wildman–Crippen MR) is 130 cm³/mol. The van der Waals surface area contributed by atoms with E-state index in [0.717, 1.165) is 0 Å². The number of aromatic nitrogens is 2. The first kappa shape index (κ1) is 17.3. The Morgan fingerprint density at radius 1 is 0.567 bits per heavy atom. The molecule has 0 saturated heterocycles. The Bertz CT molecular complexity index is 1630. The van der Waals surface area contributed by atoms with Crippen LogP contribution in [0.2, 0.25) is 0 Å². The van der Waals surface area contributed by atoms with Crippen LogP contribution in [0, 0.1) is 27.7 Å². The largest absolute Gasteiger partial charge is 0.354 e. The molecule has 6 rings (SSSR count). The minimum Gasteiger partial charge on any atom is -0.354 e. The summed E-state index contributed by atoms with van der Waals surface area (Å²) in [6.07, 6.45) is 0. The molecule has 4 aromatic carbocycles. The van der Waals surface area contributed by atoms with E-state index < -0.39 is 0 Å². The zero-order valence-corrected chi connectivity index (χ0v) is 17.8. The summed E-state index contributed by atoms with van der Waals surface area (Å²) < 4.78 is 0. The number of nitrogens with one attached hydrogen (secondary N) is 2. The van der Waals surface area contributed by atoms with Crippen LogP contribution < -0.4 is 0 Å². The fourth-order valence-electron chi connectivity index (χ4n) is 5.14. The Labute approximate surface area is 175 Å². The number of hydrogen-bond donors (Lipinski definition) is 2. The third-order valence-corrected chi connectivity index (χ3v) is 6.75. The van der Waals surface area contributed by atoms with E-state index in [1.807, 2.05) is 0 Å². The molecule has 0 bridgehead atoms. The van der Waals surface area contributed by atoms with Crippen molar-refractivity contribution in [2.24, 2.45) is 0 Å². The number of H-pyrrole nitrogens is 2. The van der Waals surface area contributed by atoms with E-state index in [2.05, 4.69) is 98.3 Å². The lowest BCUT2D eigenvalue weighted by Gasteiger charge is -2.08. The zero-order chi connectivity index (χ0) is 20.6. The minimum atomic E-state index is 1.20. The molecule has 0 saturated carbocycles. The summed E-state index contributed by atoms with van der Waals surface area (Å²) in [5.41, 5.74) is 12.6. The Morgan fingerprint density at radius 2 is 1.30 bits per heavy atom. The van der Waals surface area contributed by atoms with Crippen molar-refractivity contribution in [3.8, 4) is 11.1 Å². The molecule has 0 aliphatic carbocycles. The van der Waals surface area contributed by atoms with Crippen molar-refractivity contribution in [2.45, 2.75) is 27.7 Å². The molecule has 0 radical (unpaired) electrons. The first-order valence-corrected chi connectivity index (χ1v) is 10.6. The van der Waals surface area contributed by atoms with Crippen LogP contribution in [0.1, 0.15) is 22.3 Å². The van der Waals surface area contributed by atoms with Crippen LogP contribution in [0.25, 0.3) is 54.7 Å². The molecule has 0 amide bonds. The summed E-state index contributed by atoms with van der Waals surface area (Å²) in [5, 5.41) is 5.28. The van der Waals surface area contributed by atoms with E-state index in [1.54, 1.807) is 0 Å². The van der Waals surface area contributed by atoms with E-state index in [-0.39, 0.29) is 0 Å². The standard InChI is InChI=1S/C28H24N2/c1-15-6-5-7-23-25(15)22-13-12-20(18(4)28(22)29-23)19-10-11-21-24(14-19)30-27-17(3)9-8-16(2)26(21)27/h5-14,29-30H,1-4H3. The molecular weight excluding hydrogens is 364 g/mol. The fraction of sp³-hybridized carbons (Fsp3) is 0.143. The summed E-state index contributed by atoms with van der Waals surface area (Å²) in [6, 6.07) is 22.3. The molecule has 146 valence electrons. The zero-order valence-electron chi connectivity index (χ0n) is 17.8. The van der Waals surface area contributed by atoms with Gasteiger partial charge in [-0.15, -0.1) is 0 Å². The van der Waals surface area contributed by atoms with Gasteiger partial charge < -0.3 is 9.97 Å². The van der Waals surface area contributed by atoms with Crippen molar-refractivity contribution in [1.29, 1.82) is 0 Å². The van der Waals surface area contributed by atoms with Crippen LogP contribution in [0.4, 0.5) is 0 Å². The number of rotatable bonds is 1. The molecule has 30 heavy (non-hydrogen) atoms. The third-order valence-electron chi connectivity index (χ3n) is 6.75. The second kappa shape index (κ2) is 5.99. The SMILES string of the molecule is Cc1c(-c2ccc3c(c2)[nH]c2c(C)ccc(C)c23)ccc2c1[nH]c1cccc(C)c12. The number of benzene rings is 4. The molecule has 0 atom stereocenters. The molecule has 2 heteroatoms. The predicted octanol–water partition coefficient (Wildman–Crippen LogP) is 7.86. The number of fused-ring (bicyclic) bond motifs is 6. The van der Waals surface area contributed by atoms with Crippen LogP contribution in [-0.2, 0) is 0 Å². The summed E-state index contributed by atoms with van der Waals surface area (Å²) in [4.78, 5) is 7.34. The summed E-state index contributed by atoms with van der Waals surface area (Å²) in [7, 11) is 0. The lowest BCUT2D eigenvalue weighted by atomic mass is 9.96. The Balaban J connectivity index is 1.61. The van der Waals surface area contributed by atoms with E-state index >= 15 is 0 Å². The molecule has 0 spiro atoms. The average Bonchev–Trinajstić information content (AvgIpc) is 3.31. The van der Waals surface area contributed by atoms with Gasteiger partial charge in [-0.25, -0.2) is 0 Å². The second-order valence-corrected chi connectivity index (χ2v) is 8.62. The van der Waals surface area contributed by atoms with Gasteiger partial charge in [-0.05, 0) is 73.2 Å². The van der Waals surface area contributed by atoms with E-state index in [0.29, 0.717) is 0 Å². The van der Waals surface area contributed by atoms with Gasteiger partial charge in [0.25, 0.3) is 0 Å². The molecule has 2 N–H and O–H groups in total. The van der Waals surface area contributed by atoms with E-state index in [4.69, 9.17) is 0 Å². The van der Waals surface area contributed by atoms with Crippen molar-refractivity contribution in [2.75, 3.05) is 0 Å². The Kier molecular flexibility index (Phi) is 3.47. The normalized spacial score (nSPS) is 12.0. The van der Waals surface area contributed by atoms with Gasteiger partial charge in [0.1, 0.15) is 0 Å². The molecule has 0 aliphatic rings.